The molecule has 1 aliphatic rings. The van der Waals surface area contributed by atoms with Gasteiger partial charge < -0.3 is 19.6 Å². The van der Waals surface area contributed by atoms with Gasteiger partial charge >= 0.3 is 6.09 Å². The molecule has 3 aromatic rings. The molecule has 0 aromatic heterocycles. The zero-order valence-electron chi connectivity index (χ0n) is 24.9. The molecule has 0 saturated carbocycles. The fourth-order valence-corrected chi connectivity index (χ4v) is 5.85. The predicted octanol–water partition coefficient (Wildman–Crippen LogP) is 8.59. The molecule has 1 heterocycles. The number of rotatable bonds is 15. The Labute approximate surface area is 256 Å². The molecule has 0 unspecified atom stereocenters. The molecule has 1 aliphatic heterocycles. The maximum absolute atomic E-state index is 12.7. The van der Waals surface area contributed by atoms with Crippen molar-refractivity contribution in [3.05, 3.63) is 83.4 Å². The first-order chi connectivity index (χ1) is 20.5. The lowest BCUT2D eigenvalue weighted by Crippen LogP contribution is -2.38. The second-order valence-corrected chi connectivity index (χ2v) is 11.8. The number of hydrogen-bond donors (Lipinski definition) is 2. The number of unbranched alkanes of at least 4 members (excludes halogenated alkanes) is 6. The van der Waals surface area contributed by atoms with Crippen LogP contribution in [0.2, 0.25) is 5.02 Å². The molecule has 1 saturated heterocycles. The van der Waals surface area contributed by atoms with Crippen LogP contribution in [0.4, 0.5) is 10.5 Å². The van der Waals surface area contributed by atoms with Gasteiger partial charge in [-0.1, -0.05) is 104 Å². The number of aromatic hydroxyl groups is 1. The Morgan fingerprint density at radius 1 is 0.905 bits per heavy atom. The lowest BCUT2D eigenvalue weighted by molar-refractivity contribution is 0.0584. The quantitative estimate of drug-likeness (QED) is 0.173. The Balaban J connectivity index is 1.01. The monoisotopic (exact) mass is 591 g/mol. The number of nitrogens with zero attached hydrogens (tertiary/aromatic N) is 2. The first-order valence-electron chi connectivity index (χ1n) is 15.5. The number of halogens is 1. The van der Waals surface area contributed by atoms with Crippen molar-refractivity contribution in [2.75, 3.05) is 38.5 Å². The third-order valence-corrected chi connectivity index (χ3v) is 8.51. The van der Waals surface area contributed by atoms with E-state index in [1.807, 2.05) is 66.7 Å². The number of phenols is 1. The van der Waals surface area contributed by atoms with E-state index in [1.54, 1.807) is 6.07 Å². The first-order valence-corrected chi connectivity index (χ1v) is 15.9. The van der Waals surface area contributed by atoms with Crippen LogP contribution in [0.5, 0.6) is 5.75 Å². The number of nitrogens with one attached hydrogen (secondary N) is 1. The summed E-state index contributed by atoms with van der Waals surface area (Å²) in [5, 5.41) is 13.2. The van der Waals surface area contributed by atoms with Crippen LogP contribution in [0.1, 0.15) is 63.4 Å². The maximum Gasteiger partial charge on any atom is 0.411 e. The van der Waals surface area contributed by atoms with Crippen molar-refractivity contribution in [2.24, 2.45) is 0 Å². The normalized spacial score (nSPS) is 14.3. The lowest BCUT2D eigenvalue weighted by Gasteiger charge is -2.31. The van der Waals surface area contributed by atoms with Gasteiger partial charge in [-0.25, -0.2) is 4.79 Å². The Morgan fingerprint density at radius 3 is 2.33 bits per heavy atom. The van der Waals surface area contributed by atoms with Crippen LogP contribution in [0.3, 0.4) is 0 Å². The summed E-state index contributed by atoms with van der Waals surface area (Å²) in [7, 11) is 2.11. The molecular weight excluding hydrogens is 546 g/mol. The van der Waals surface area contributed by atoms with E-state index >= 15 is 0 Å². The second-order valence-electron chi connectivity index (χ2n) is 11.4. The number of carbonyl (C=O) groups is 1. The minimum Gasteiger partial charge on any atom is -0.506 e. The van der Waals surface area contributed by atoms with Gasteiger partial charge in [0.05, 0.1) is 10.7 Å². The highest BCUT2D eigenvalue weighted by Crippen LogP contribution is 2.29. The summed E-state index contributed by atoms with van der Waals surface area (Å²) in [5.74, 6) is 0.155. The highest BCUT2D eigenvalue weighted by Gasteiger charge is 2.22. The largest absolute Gasteiger partial charge is 0.506 e. The number of benzene rings is 3. The van der Waals surface area contributed by atoms with Gasteiger partial charge in [-0.15, -0.1) is 0 Å². The molecule has 226 valence electrons. The standard InChI is InChI=1S/C35H46ClN3O3/c1-38(27-29-17-14-20-33(40)34(29)36)23-12-5-3-2-4-6-13-24-39-25-21-30(22-26-39)42-35(41)37-32-19-11-10-18-31(32)28-15-8-7-9-16-28/h7-11,14-20,30,40H,2-6,12-13,21-27H2,1H3,(H,37,41). The summed E-state index contributed by atoms with van der Waals surface area (Å²) < 4.78 is 5.78. The van der Waals surface area contributed by atoms with Crippen LogP contribution in [0, 0.1) is 0 Å². The molecule has 1 fully saturated rings. The van der Waals surface area contributed by atoms with E-state index in [0.717, 1.165) is 67.9 Å². The van der Waals surface area contributed by atoms with E-state index in [1.165, 1.54) is 44.9 Å². The smallest absolute Gasteiger partial charge is 0.411 e. The average molecular weight is 592 g/mol. The van der Waals surface area contributed by atoms with Crippen LogP contribution in [0.15, 0.2) is 72.8 Å². The Morgan fingerprint density at radius 2 is 1.57 bits per heavy atom. The molecule has 1 amide bonds. The zero-order valence-corrected chi connectivity index (χ0v) is 25.7. The highest BCUT2D eigenvalue weighted by atomic mass is 35.5. The molecule has 4 rings (SSSR count). The minimum atomic E-state index is -0.371. The van der Waals surface area contributed by atoms with E-state index in [0.29, 0.717) is 5.02 Å². The topological polar surface area (TPSA) is 65.0 Å². The fraction of sp³-hybridized carbons (Fsp3) is 0.457. The number of anilines is 1. The van der Waals surface area contributed by atoms with E-state index < -0.39 is 0 Å². The molecule has 2 N–H and O–H groups in total. The molecule has 6 nitrogen and oxygen atoms in total. The first kappa shape index (κ1) is 31.9. The SMILES string of the molecule is CN(CCCCCCCCCN1CCC(OC(=O)Nc2ccccc2-c2ccccc2)CC1)Cc1cccc(O)c1Cl. The average Bonchev–Trinajstić information content (AvgIpc) is 3.00. The molecule has 42 heavy (non-hydrogen) atoms. The Bertz CT molecular complexity index is 1230. The van der Waals surface area contributed by atoms with Crippen LogP contribution in [-0.4, -0.2) is 60.3 Å². The van der Waals surface area contributed by atoms with Crippen molar-refractivity contribution < 1.29 is 14.6 Å². The van der Waals surface area contributed by atoms with Gasteiger partial charge in [-0.05, 0) is 69.1 Å². The lowest BCUT2D eigenvalue weighted by atomic mass is 10.0. The van der Waals surface area contributed by atoms with E-state index in [2.05, 4.69) is 22.2 Å². The van der Waals surface area contributed by atoms with Gasteiger partial charge in [-0.3, -0.25) is 5.32 Å². The van der Waals surface area contributed by atoms with Crippen LogP contribution < -0.4 is 5.32 Å². The number of para-hydroxylation sites is 1. The Kier molecular flexibility index (Phi) is 13.0. The molecule has 7 heteroatoms. The van der Waals surface area contributed by atoms with Crippen LogP contribution in [-0.2, 0) is 11.3 Å². The van der Waals surface area contributed by atoms with E-state index in [-0.39, 0.29) is 17.9 Å². The van der Waals surface area contributed by atoms with Crippen molar-refractivity contribution >= 4 is 23.4 Å². The number of phenolic OH excluding ortho intramolecular Hbond substituents is 1. The number of piperidine rings is 1. The second kappa shape index (κ2) is 17.2. The van der Waals surface area contributed by atoms with E-state index in [9.17, 15) is 9.90 Å². The fourth-order valence-electron chi connectivity index (χ4n) is 5.66. The van der Waals surface area contributed by atoms with Gasteiger partial charge in [0.2, 0.25) is 0 Å². The zero-order chi connectivity index (χ0) is 29.6. The highest BCUT2D eigenvalue weighted by molar-refractivity contribution is 6.32. The number of carbonyl (C=O) groups excluding carboxylic acids is 1. The third-order valence-electron chi connectivity index (χ3n) is 8.07. The summed E-state index contributed by atoms with van der Waals surface area (Å²) in [6, 6.07) is 23.4. The number of amides is 1. The van der Waals surface area contributed by atoms with Crippen LogP contribution in [0.25, 0.3) is 11.1 Å². The number of likely N-dealkylation sites (tertiary alicyclic amines) is 1. The molecular formula is C35H46ClN3O3. The summed E-state index contributed by atoms with van der Waals surface area (Å²) in [6.45, 7) is 4.90. The van der Waals surface area contributed by atoms with Gasteiger partial charge in [0.1, 0.15) is 11.9 Å². The molecule has 0 radical (unpaired) electrons. The molecule has 0 spiro atoms. The minimum absolute atomic E-state index is 0.0268. The van der Waals surface area contributed by atoms with Gasteiger partial charge in [-0.2, -0.15) is 0 Å². The van der Waals surface area contributed by atoms with Crippen molar-refractivity contribution in [1.82, 2.24) is 9.80 Å². The van der Waals surface area contributed by atoms with Crippen molar-refractivity contribution in [2.45, 2.75) is 70.4 Å². The summed E-state index contributed by atoms with van der Waals surface area (Å²) >= 11 is 6.20. The molecule has 3 aromatic carbocycles. The predicted molar refractivity (Wildman–Crippen MR) is 173 cm³/mol. The van der Waals surface area contributed by atoms with Gasteiger partial charge in [0.15, 0.2) is 0 Å². The molecule has 0 aliphatic carbocycles. The van der Waals surface area contributed by atoms with Crippen LogP contribution >= 0.6 is 11.6 Å². The van der Waals surface area contributed by atoms with Crippen molar-refractivity contribution in [3.63, 3.8) is 0 Å². The summed E-state index contributed by atoms with van der Waals surface area (Å²) in [4.78, 5) is 17.4. The summed E-state index contributed by atoms with van der Waals surface area (Å²) in [5.41, 5.74) is 3.80. The Hall–Kier alpha value is -3.06. The molecule has 0 atom stereocenters. The summed E-state index contributed by atoms with van der Waals surface area (Å²) in [6.07, 6.45) is 10.2. The number of hydrogen-bond acceptors (Lipinski definition) is 5. The maximum atomic E-state index is 12.7. The van der Waals surface area contributed by atoms with Crippen molar-refractivity contribution in [1.29, 1.82) is 0 Å². The van der Waals surface area contributed by atoms with Gasteiger partial charge in [0, 0.05) is 25.2 Å². The van der Waals surface area contributed by atoms with Crippen molar-refractivity contribution in [3.8, 4) is 16.9 Å². The number of ether oxygens (including phenoxy) is 1. The molecule has 0 bridgehead atoms. The van der Waals surface area contributed by atoms with E-state index in [4.69, 9.17) is 16.3 Å². The van der Waals surface area contributed by atoms with Gasteiger partial charge in [0.25, 0.3) is 0 Å². The third kappa shape index (κ3) is 10.3.